The van der Waals surface area contributed by atoms with Gasteiger partial charge < -0.3 is 37.1 Å². The van der Waals surface area contributed by atoms with Gasteiger partial charge in [-0.1, -0.05) is 19.1 Å². The fourth-order valence-electron chi connectivity index (χ4n) is 4.10. The highest BCUT2D eigenvalue weighted by molar-refractivity contribution is 5.47. The molecule has 0 fully saturated rings. The molecular weight excluding hydrogens is 440 g/mol. The van der Waals surface area contributed by atoms with Crippen molar-refractivity contribution < 1.29 is 37.1 Å². The van der Waals surface area contributed by atoms with E-state index < -0.39 is 5.41 Å². The first-order valence-electron chi connectivity index (χ1n) is 11.1. The van der Waals surface area contributed by atoms with Crippen LogP contribution < -0.4 is 37.1 Å². The van der Waals surface area contributed by atoms with Crippen LogP contribution in [0.4, 0.5) is 0 Å². The maximum absolute atomic E-state index is 10.1. The Balaban J connectivity index is 0.00000544. The third-order valence-corrected chi connectivity index (χ3v) is 6.26. The van der Waals surface area contributed by atoms with Crippen LogP contribution in [-0.2, 0) is 11.8 Å². The summed E-state index contributed by atoms with van der Waals surface area (Å²) >= 11 is 0. The molecule has 0 bridgehead atoms. The van der Waals surface area contributed by atoms with Crippen molar-refractivity contribution in [1.29, 1.82) is 5.26 Å². The van der Waals surface area contributed by atoms with Crippen molar-refractivity contribution in [1.82, 2.24) is 0 Å². The van der Waals surface area contributed by atoms with E-state index in [1.165, 1.54) is 5.56 Å². The van der Waals surface area contributed by atoms with Gasteiger partial charge in [0.25, 0.3) is 0 Å². The number of hydrogen-bond donors (Lipinski definition) is 1. The number of nitriles is 1. The second-order valence-electron chi connectivity index (χ2n) is 8.10. The molecular formula is C26H37ClN2O4. The summed E-state index contributed by atoms with van der Waals surface area (Å²) in [5.41, 5.74) is 6.00. The first kappa shape index (κ1) is 28.4. The second kappa shape index (κ2) is 13.8. The van der Waals surface area contributed by atoms with E-state index in [2.05, 4.69) is 24.8 Å². The Morgan fingerprint density at radius 1 is 0.879 bits per heavy atom. The largest absolute Gasteiger partial charge is 1.00 e. The minimum Gasteiger partial charge on any atom is -1.00 e. The van der Waals surface area contributed by atoms with Gasteiger partial charge in [0.05, 0.1) is 46.0 Å². The Kier molecular flexibility index (Phi) is 11.9. The van der Waals surface area contributed by atoms with Gasteiger partial charge in [0.15, 0.2) is 23.0 Å². The molecule has 0 saturated carbocycles. The Bertz CT molecular complexity index is 916. The van der Waals surface area contributed by atoms with E-state index >= 15 is 0 Å². The standard InChI is InChI=1S/C26H36N2O4.ClH/c1-6-26(18-27,20-11-14-23(30-3)25(17-20)32-5)15-7-8-21(28)12-9-19-10-13-22(29-2)24(16-19)31-4;/h10-11,13-14,16-17,21H,6-9,12,15,28H2,1-5H3;1H/t21?,26-;/m1./s1. The molecule has 2 atom stereocenters. The summed E-state index contributed by atoms with van der Waals surface area (Å²) in [6.07, 6.45) is 5.36. The van der Waals surface area contributed by atoms with Gasteiger partial charge in [-0.2, -0.15) is 5.26 Å². The molecule has 0 amide bonds. The zero-order valence-corrected chi connectivity index (χ0v) is 21.2. The number of quaternary nitrogens is 1. The maximum atomic E-state index is 10.1. The molecule has 0 aliphatic carbocycles. The first-order chi connectivity index (χ1) is 15.5. The molecule has 0 aliphatic rings. The molecule has 2 rings (SSSR count). The lowest BCUT2D eigenvalue weighted by Gasteiger charge is -2.27. The molecule has 2 aromatic rings. The number of halogens is 1. The van der Waals surface area contributed by atoms with Gasteiger partial charge in [-0.3, -0.25) is 0 Å². The lowest BCUT2D eigenvalue weighted by Crippen LogP contribution is -3.00. The van der Waals surface area contributed by atoms with Gasteiger partial charge in [-0.05, 0) is 67.5 Å². The van der Waals surface area contributed by atoms with Crippen molar-refractivity contribution >= 4 is 0 Å². The van der Waals surface area contributed by atoms with Crippen molar-refractivity contribution in [2.75, 3.05) is 28.4 Å². The van der Waals surface area contributed by atoms with Crippen LogP contribution >= 0.6 is 0 Å². The van der Waals surface area contributed by atoms with Gasteiger partial charge in [-0.25, -0.2) is 0 Å². The molecule has 7 heteroatoms. The minimum absolute atomic E-state index is 0. The van der Waals surface area contributed by atoms with Crippen LogP contribution in [0.1, 0.15) is 50.2 Å². The highest BCUT2D eigenvalue weighted by atomic mass is 35.5. The predicted molar refractivity (Wildman–Crippen MR) is 126 cm³/mol. The van der Waals surface area contributed by atoms with Crippen LogP contribution in [0.25, 0.3) is 0 Å². The maximum Gasteiger partial charge on any atom is 0.161 e. The fraction of sp³-hybridized carbons (Fsp3) is 0.500. The molecule has 0 spiro atoms. The van der Waals surface area contributed by atoms with Gasteiger partial charge >= 0.3 is 0 Å². The molecule has 1 unspecified atom stereocenters. The molecule has 0 aromatic heterocycles. The Morgan fingerprint density at radius 3 is 2.00 bits per heavy atom. The molecule has 0 radical (unpaired) electrons. The lowest BCUT2D eigenvalue weighted by atomic mass is 9.75. The third kappa shape index (κ3) is 7.18. The number of rotatable bonds is 13. The number of hydrogen-bond acceptors (Lipinski definition) is 5. The van der Waals surface area contributed by atoms with E-state index in [0.717, 1.165) is 55.6 Å². The van der Waals surface area contributed by atoms with Gasteiger partial charge in [0.2, 0.25) is 0 Å². The van der Waals surface area contributed by atoms with Crippen molar-refractivity contribution in [2.24, 2.45) is 0 Å². The number of benzene rings is 2. The second-order valence-corrected chi connectivity index (χ2v) is 8.10. The van der Waals surface area contributed by atoms with Crippen LogP contribution in [0.3, 0.4) is 0 Å². The Hall–Kier alpha value is -2.62. The van der Waals surface area contributed by atoms with E-state index in [0.29, 0.717) is 17.5 Å². The number of nitrogens with zero attached hydrogens (tertiary/aromatic N) is 1. The van der Waals surface area contributed by atoms with Gasteiger partial charge in [0.1, 0.15) is 0 Å². The molecule has 182 valence electrons. The molecule has 33 heavy (non-hydrogen) atoms. The molecule has 0 aliphatic heterocycles. The molecule has 6 nitrogen and oxygen atoms in total. The molecule has 2 aromatic carbocycles. The van der Waals surface area contributed by atoms with Gasteiger partial charge in [-0.15, -0.1) is 0 Å². The highest BCUT2D eigenvalue weighted by Gasteiger charge is 2.31. The van der Waals surface area contributed by atoms with Crippen molar-refractivity contribution in [3.8, 4) is 29.1 Å². The predicted octanol–water partition coefficient (Wildman–Crippen LogP) is 1.31. The summed E-state index contributed by atoms with van der Waals surface area (Å²) in [6, 6.07) is 14.7. The van der Waals surface area contributed by atoms with Crippen molar-refractivity contribution in [3.63, 3.8) is 0 Å². The third-order valence-electron chi connectivity index (χ3n) is 6.26. The summed E-state index contributed by atoms with van der Waals surface area (Å²) in [5.74, 6) is 2.82. The average molecular weight is 477 g/mol. The van der Waals surface area contributed by atoms with Crippen LogP contribution in [0.15, 0.2) is 36.4 Å². The van der Waals surface area contributed by atoms with E-state index in [4.69, 9.17) is 18.9 Å². The van der Waals surface area contributed by atoms with Crippen LogP contribution in [0, 0.1) is 11.3 Å². The monoisotopic (exact) mass is 476 g/mol. The zero-order chi connectivity index (χ0) is 23.6. The fourth-order valence-corrected chi connectivity index (χ4v) is 4.10. The van der Waals surface area contributed by atoms with E-state index in [9.17, 15) is 5.26 Å². The summed E-state index contributed by atoms with van der Waals surface area (Å²) in [5, 5.41) is 10.1. The first-order valence-corrected chi connectivity index (χ1v) is 11.1. The SMILES string of the molecule is CC[C@](C#N)(CCCC([NH3+])CCc1ccc(OC)c(OC)c1)c1ccc(OC)c(OC)c1.[Cl-]. The van der Waals surface area contributed by atoms with Crippen LogP contribution in [0.5, 0.6) is 23.0 Å². The summed E-state index contributed by atoms with van der Waals surface area (Å²) in [7, 11) is 6.53. The molecule has 0 saturated heterocycles. The minimum atomic E-state index is -0.539. The van der Waals surface area contributed by atoms with Crippen molar-refractivity contribution in [2.45, 2.75) is 56.9 Å². The number of methoxy groups -OCH3 is 4. The Morgan fingerprint density at radius 2 is 1.45 bits per heavy atom. The van der Waals surface area contributed by atoms with E-state index in [1.54, 1.807) is 28.4 Å². The topological polar surface area (TPSA) is 88.4 Å². The van der Waals surface area contributed by atoms with Crippen molar-refractivity contribution in [3.05, 3.63) is 47.5 Å². The van der Waals surface area contributed by atoms with Gasteiger partial charge in [0, 0.05) is 6.42 Å². The van der Waals surface area contributed by atoms with Crippen LogP contribution in [0.2, 0.25) is 0 Å². The number of aryl methyl sites for hydroxylation is 1. The lowest BCUT2D eigenvalue weighted by molar-refractivity contribution is -0.422. The smallest absolute Gasteiger partial charge is 0.161 e. The summed E-state index contributed by atoms with van der Waals surface area (Å²) in [6.45, 7) is 2.07. The molecule has 3 N–H and O–H groups in total. The average Bonchev–Trinajstić information content (AvgIpc) is 2.84. The molecule has 0 heterocycles. The summed E-state index contributed by atoms with van der Waals surface area (Å²) < 4.78 is 21.5. The quantitative estimate of drug-likeness (QED) is 0.471. The highest BCUT2D eigenvalue weighted by Crippen LogP contribution is 2.38. The Labute approximate surface area is 204 Å². The summed E-state index contributed by atoms with van der Waals surface area (Å²) in [4.78, 5) is 0. The van der Waals surface area contributed by atoms with Crippen LogP contribution in [-0.4, -0.2) is 34.5 Å². The normalized spacial score (nSPS) is 13.1. The van der Waals surface area contributed by atoms with E-state index in [-0.39, 0.29) is 12.4 Å². The zero-order valence-electron chi connectivity index (χ0n) is 20.4. The number of ether oxygens (including phenoxy) is 4. The van der Waals surface area contributed by atoms with E-state index in [1.807, 2.05) is 30.3 Å².